The first-order chi connectivity index (χ1) is 14.4. The van der Waals surface area contributed by atoms with Crippen molar-refractivity contribution < 1.29 is 13.3 Å². The number of nitrogens with zero attached hydrogens (tertiary/aromatic N) is 5. The van der Waals surface area contributed by atoms with E-state index in [4.69, 9.17) is 0 Å². The topological polar surface area (TPSA) is 110 Å². The highest BCUT2D eigenvalue weighted by Crippen LogP contribution is 2.33. The second-order valence-corrected chi connectivity index (χ2v) is 9.73. The van der Waals surface area contributed by atoms with Gasteiger partial charge in [0.15, 0.2) is 0 Å². The first-order valence-electron chi connectivity index (χ1n) is 10.3. The van der Waals surface area contributed by atoms with Crippen LogP contribution in [-0.4, -0.2) is 53.8 Å². The number of anilines is 1. The molecule has 0 radical (unpaired) electrons. The molecule has 1 aliphatic carbocycles. The van der Waals surface area contributed by atoms with Gasteiger partial charge in [-0.3, -0.25) is 10.1 Å². The first-order valence-corrected chi connectivity index (χ1v) is 11.7. The summed E-state index contributed by atoms with van der Waals surface area (Å²) < 4.78 is 27.6. The van der Waals surface area contributed by atoms with Gasteiger partial charge in [0.25, 0.3) is 0 Å². The van der Waals surface area contributed by atoms with Crippen molar-refractivity contribution in [1.82, 2.24) is 14.3 Å². The molecule has 30 heavy (non-hydrogen) atoms. The molecule has 10 heteroatoms. The molecule has 4 rings (SSSR count). The third kappa shape index (κ3) is 4.29. The summed E-state index contributed by atoms with van der Waals surface area (Å²) in [6.07, 6.45) is 8.47. The minimum absolute atomic E-state index is 0.170. The molecule has 2 aromatic rings. The van der Waals surface area contributed by atoms with Crippen LogP contribution in [0.15, 0.2) is 41.6 Å². The summed E-state index contributed by atoms with van der Waals surface area (Å²) in [6, 6.07) is 7.38. The Morgan fingerprint density at radius 1 is 0.933 bits per heavy atom. The molecule has 9 nitrogen and oxygen atoms in total. The van der Waals surface area contributed by atoms with Crippen LogP contribution in [0.1, 0.15) is 43.6 Å². The second-order valence-electron chi connectivity index (χ2n) is 7.79. The van der Waals surface area contributed by atoms with E-state index in [-0.39, 0.29) is 5.69 Å². The summed E-state index contributed by atoms with van der Waals surface area (Å²) in [5.41, 5.74) is 1.06. The maximum atomic E-state index is 13.0. The number of hydrogen-bond donors (Lipinski definition) is 0. The Morgan fingerprint density at radius 3 is 2.10 bits per heavy atom. The zero-order valence-electron chi connectivity index (χ0n) is 16.7. The summed E-state index contributed by atoms with van der Waals surface area (Å²) in [4.78, 5) is 20.4. The van der Waals surface area contributed by atoms with E-state index in [0.717, 1.165) is 0 Å². The summed E-state index contributed by atoms with van der Waals surface area (Å²) in [5, 5.41) is 10.7. The molecule has 1 saturated heterocycles. The van der Waals surface area contributed by atoms with E-state index in [1.165, 1.54) is 54.4 Å². The highest BCUT2D eigenvalue weighted by atomic mass is 32.2. The van der Waals surface area contributed by atoms with Gasteiger partial charge in [-0.25, -0.2) is 18.4 Å². The lowest BCUT2D eigenvalue weighted by molar-refractivity contribution is -0.385. The molecular formula is C20H25N5O4S. The molecule has 2 heterocycles. The fourth-order valence-corrected chi connectivity index (χ4v) is 5.62. The Balaban J connectivity index is 1.40. The number of nitro groups is 1. The second kappa shape index (κ2) is 8.65. The lowest BCUT2D eigenvalue weighted by Crippen LogP contribution is -2.49. The molecule has 2 aliphatic rings. The van der Waals surface area contributed by atoms with Crippen molar-refractivity contribution in [2.24, 2.45) is 0 Å². The number of hydrogen-bond acceptors (Lipinski definition) is 7. The fraction of sp³-hybridized carbons (Fsp3) is 0.500. The van der Waals surface area contributed by atoms with Gasteiger partial charge < -0.3 is 4.90 Å². The zero-order chi connectivity index (χ0) is 21.1. The van der Waals surface area contributed by atoms with Crippen molar-refractivity contribution in [1.29, 1.82) is 0 Å². The smallest absolute Gasteiger partial charge is 0.305 e. The van der Waals surface area contributed by atoms with E-state index in [9.17, 15) is 18.5 Å². The molecule has 0 amide bonds. The molecule has 0 unspecified atom stereocenters. The highest BCUT2D eigenvalue weighted by Gasteiger charge is 2.29. The lowest BCUT2D eigenvalue weighted by atomic mass is 9.84. The van der Waals surface area contributed by atoms with Gasteiger partial charge in [-0.1, -0.05) is 31.4 Å². The van der Waals surface area contributed by atoms with Crippen LogP contribution in [0.2, 0.25) is 0 Å². The molecule has 160 valence electrons. The Kier molecular flexibility index (Phi) is 5.96. The van der Waals surface area contributed by atoms with Gasteiger partial charge in [-0.2, -0.15) is 4.31 Å². The van der Waals surface area contributed by atoms with E-state index in [1.807, 2.05) is 17.0 Å². The minimum atomic E-state index is -3.56. The Morgan fingerprint density at radius 2 is 1.53 bits per heavy atom. The third-order valence-corrected chi connectivity index (χ3v) is 7.86. The molecule has 0 spiro atoms. The van der Waals surface area contributed by atoms with Crippen LogP contribution in [-0.2, 0) is 10.0 Å². The van der Waals surface area contributed by atoms with Crippen molar-refractivity contribution in [2.45, 2.75) is 42.9 Å². The quantitative estimate of drug-likeness (QED) is 0.529. The zero-order valence-corrected chi connectivity index (χ0v) is 17.5. The molecule has 0 bridgehead atoms. The van der Waals surface area contributed by atoms with Crippen molar-refractivity contribution in [3.63, 3.8) is 0 Å². The maximum absolute atomic E-state index is 13.0. The largest absolute Gasteiger partial charge is 0.338 e. The summed E-state index contributed by atoms with van der Waals surface area (Å²) in [7, 11) is -3.56. The average molecular weight is 432 g/mol. The standard InChI is InChI=1S/C20H25N5O4S/c26-25(27)18-14-21-20(22-15-18)23-10-12-24(13-11-23)30(28,29)19-8-6-17(7-9-19)16-4-2-1-3-5-16/h6-9,14-16H,1-5,10-13H2. The van der Waals surface area contributed by atoms with Crippen LogP contribution in [0.3, 0.4) is 0 Å². The minimum Gasteiger partial charge on any atom is -0.338 e. The third-order valence-electron chi connectivity index (χ3n) is 5.95. The van der Waals surface area contributed by atoms with Crippen LogP contribution < -0.4 is 4.90 Å². The maximum Gasteiger partial charge on any atom is 0.305 e. The Hall–Kier alpha value is -2.59. The molecule has 1 aliphatic heterocycles. The van der Waals surface area contributed by atoms with E-state index in [1.54, 1.807) is 12.1 Å². The van der Waals surface area contributed by atoms with Gasteiger partial charge >= 0.3 is 5.69 Å². The molecule has 0 N–H and O–H groups in total. The predicted octanol–water partition coefficient (Wildman–Crippen LogP) is 2.94. The number of piperazine rings is 1. The number of benzene rings is 1. The monoisotopic (exact) mass is 431 g/mol. The van der Waals surface area contributed by atoms with E-state index in [0.29, 0.717) is 42.9 Å². The molecule has 0 atom stereocenters. The fourth-order valence-electron chi connectivity index (χ4n) is 4.20. The Labute approximate surface area is 175 Å². The predicted molar refractivity (Wildman–Crippen MR) is 112 cm³/mol. The van der Waals surface area contributed by atoms with Crippen LogP contribution >= 0.6 is 0 Å². The molecule has 2 fully saturated rings. The molecular weight excluding hydrogens is 406 g/mol. The van der Waals surface area contributed by atoms with Crippen molar-refractivity contribution in [3.8, 4) is 0 Å². The normalized spacial score (nSPS) is 19.0. The number of sulfonamides is 1. The van der Waals surface area contributed by atoms with Crippen LogP contribution in [0.25, 0.3) is 0 Å². The number of rotatable bonds is 5. The van der Waals surface area contributed by atoms with Crippen LogP contribution in [0.4, 0.5) is 11.6 Å². The van der Waals surface area contributed by atoms with Gasteiger partial charge in [0.2, 0.25) is 16.0 Å². The van der Waals surface area contributed by atoms with E-state index in [2.05, 4.69) is 9.97 Å². The first kappa shape index (κ1) is 20.7. The molecule has 1 aromatic heterocycles. The molecule has 1 aromatic carbocycles. The number of aromatic nitrogens is 2. The van der Waals surface area contributed by atoms with Gasteiger partial charge in [0.1, 0.15) is 12.4 Å². The van der Waals surface area contributed by atoms with E-state index >= 15 is 0 Å². The van der Waals surface area contributed by atoms with Crippen molar-refractivity contribution >= 4 is 21.7 Å². The van der Waals surface area contributed by atoms with Gasteiger partial charge in [-0.15, -0.1) is 0 Å². The van der Waals surface area contributed by atoms with E-state index < -0.39 is 14.9 Å². The van der Waals surface area contributed by atoms with Gasteiger partial charge in [0.05, 0.1) is 9.82 Å². The summed E-state index contributed by atoms with van der Waals surface area (Å²) in [5.74, 6) is 0.912. The van der Waals surface area contributed by atoms with Crippen LogP contribution in [0, 0.1) is 10.1 Å². The van der Waals surface area contributed by atoms with Gasteiger partial charge in [0, 0.05) is 26.2 Å². The Bertz CT molecular complexity index is 981. The highest BCUT2D eigenvalue weighted by molar-refractivity contribution is 7.89. The molecule has 1 saturated carbocycles. The average Bonchev–Trinajstić information content (AvgIpc) is 2.80. The SMILES string of the molecule is O=[N+]([O-])c1cnc(N2CCN(S(=O)(=O)c3ccc(C4CCCCC4)cc3)CC2)nc1. The van der Waals surface area contributed by atoms with Crippen molar-refractivity contribution in [2.75, 3.05) is 31.1 Å². The summed E-state index contributed by atoms with van der Waals surface area (Å²) >= 11 is 0. The van der Waals surface area contributed by atoms with Crippen LogP contribution in [0.5, 0.6) is 0 Å². The van der Waals surface area contributed by atoms with Crippen molar-refractivity contribution in [3.05, 3.63) is 52.3 Å². The lowest BCUT2D eigenvalue weighted by Gasteiger charge is -2.33. The summed E-state index contributed by atoms with van der Waals surface area (Å²) in [6.45, 7) is 1.48. The van der Waals surface area contributed by atoms with Gasteiger partial charge in [-0.05, 0) is 36.5 Å².